The van der Waals surface area contributed by atoms with Gasteiger partial charge in [0.2, 0.25) is 0 Å². The van der Waals surface area contributed by atoms with Crippen molar-refractivity contribution < 1.29 is 4.74 Å². The monoisotopic (exact) mass is 572 g/mol. The Hall–Kier alpha value is -2.26. The van der Waals surface area contributed by atoms with E-state index in [9.17, 15) is 0 Å². The Labute approximate surface area is 258 Å². The fourth-order valence-electron chi connectivity index (χ4n) is 6.03. The number of aliphatic imine (C=N–C) groups is 2. The van der Waals surface area contributed by atoms with Crippen molar-refractivity contribution in [2.45, 2.75) is 164 Å². The van der Waals surface area contributed by atoms with E-state index < -0.39 is 0 Å². The third kappa shape index (κ3) is 8.01. The second-order valence-corrected chi connectivity index (χ2v) is 14.6. The number of ether oxygens (including phenoxy) is 1. The zero-order valence-corrected chi connectivity index (χ0v) is 29.4. The Morgan fingerprint density at radius 2 is 0.810 bits per heavy atom. The molecule has 0 amide bonds. The lowest BCUT2D eigenvalue weighted by Crippen LogP contribution is -2.36. The molecule has 1 aliphatic heterocycles. The summed E-state index contributed by atoms with van der Waals surface area (Å²) in [5.41, 5.74) is 12.7. The van der Waals surface area contributed by atoms with Crippen LogP contribution in [0, 0.1) is 0 Å². The highest BCUT2D eigenvalue weighted by atomic mass is 16.5. The minimum Gasteiger partial charge on any atom is -0.363 e. The van der Waals surface area contributed by atoms with Gasteiger partial charge in [-0.2, -0.15) is 0 Å². The van der Waals surface area contributed by atoms with Gasteiger partial charge in [0.15, 0.2) is 0 Å². The van der Waals surface area contributed by atoms with E-state index in [1.807, 2.05) is 0 Å². The van der Waals surface area contributed by atoms with Gasteiger partial charge >= 0.3 is 0 Å². The lowest BCUT2D eigenvalue weighted by molar-refractivity contribution is 0.0230. The molecule has 2 atom stereocenters. The predicted molar refractivity (Wildman–Crippen MR) is 185 cm³/mol. The number of hydrogen-bond acceptors (Lipinski definition) is 3. The van der Waals surface area contributed by atoms with Crippen molar-refractivity contribution in [3.63, 3.8) is 0 Å². The van der Waals surface area contributed by atoms with Crippen molar-refractivity contribution >= 4 is 22.8 Å². The maximum absolute atomic E-state index is 6.82. The third-order valence-electron chi connectivity index (χ3n) is 8.97. The van der Waals surface area contributed by atoms with E-state index in [0.717, 1.165) is 42.1 Å². The van der Waals surface area contributed by atoms with Crippen LogP contribution < -0.4 is 0 Å². The fourth-order valence-corrected chi connectivity index (χ4v) is 6.03. The van der Waals surface area contributed by atoms with E-state index in [1.165, 1.54) is 33.4 Å². The van der Waals surface area contributed by atoms with Gasteiger partial charge in [-0.1, -0.05) is 107 Å². The average Bonchev–Trinajstić information content (AvgIpc) is 2.92. The molecule has 0 N–H and O–H groups in total. The molecule has 1 heterocycles. The zero-order valence-electron chi connectivity index (χ0n) is 29.4. The summed E-state index contributed by atoms with van der Waals surface area (Å²) in [7, 11) is 0. The largest absolute Gasteiger partial charge is 0.363 e. The molecule has 42 heavy (non-hydrogen) atoms. The molecule has 0 aromatic heterocycles. The predicted octanol–water partition coefficient (Wildman–Crippen LogP) is 12.2. The maximum atomic E-state index is 6.82. The van der Waals surface area contributed by atoms with Gasteiger partial charge in [-0.05, 0) is 102 Å². The molecule has 3 rings (SSSR count). The summed E-state index contributed by atoms with van der Waals surface area (Å²) in [6.07, 6.45) is 3.16. The van der Waals surface area contributed by atoms with Crippen molar-refractivity contribution in [1.29, 1.82) is 0 Å². The number of rotatable bonds is 10. The summed E-state index contributed by atoms with van der Waals surface area (Å²) >= 11 is 0. The van der Waals surface area contributed by atoms with Crippen LogP contribution in [-0.2, 0) is 4.74 Å². The second kappa shape index (κ2) is 14.5. The summed E-state index contributed by atoms with van der Waals surface area (Å²) in [5, 5.41) is 0. The molecular formula is C39H60N2O. The highest BCUT2D eigenvalue weighted by Crippen LogP contribution is 2.40. The van der Waals surface area contributed by atoms with Crippen LogP contribution in [-0.4, -0.2) is 23.6 Å². The van der Waals surface area contributed by atoms with Crippen LogP contribution in [0.15, 0.2) is 34.3 Å². The van der Waals surface area contributed by atoms with Crippen LogP contribution in [0.2, 0.25) is 0 Å². The van der Waals surface area contributed by atoms with Gasteiger partial charge in [-0.25, -0.2) is 0 Å². The highest BCUT2D eigenvalue weighted by Gasteiger charge is 2.28. The lowest BCUT2D eigenvalue weighted by Gasteiger charge is -2.31. The van der Waals surface area contributed by atoms with E-state index in [1.54, 1.807) is 0 Å². The van der Waals surface area contributed by atoms with E-state index in [4.69, 9.17) is 14.7 Å². The Morgan fingerprint density at radius 1 is 0.524 bits per heavy atom. The third-order valence-corrected chi connectivity index (χ3v) is 8.97. The van der Waals surface area contributed by atoms with E-state index >= 15 is 0 Å². The second-order valence-electron chi connectivity index (χ2n) is 14.6. The van der Waals surface area contributed by atoms with Crippen LogP contribution in [0.4, 0.5) is 11.4 Å². The van der Waals surface area contributed by atoms with Gasteiger partial charge in [0.1, 0.15) is 0 Å². The molecule has 0 spiro atoms. The highest BCUT2D eigenvalue weighted by molar-refractivity contribution is 5.92. The van der Waals surface area contributed by atoms with Crippen molar-refractivity contribution in [2.24, 2.45) is 9.98 Å². The standard InChI is InChI=1S/C39H60N2O/c1-22(2)30-18-32(24(5)6)38(33(19-30)25(7)8)40-28(13)36-16-15-17-37(42-36)29(14)41-39-34(26(9)10)20-31(23(3)4)21-35(39)27(11)12/h18-27,36-37H,15-17H2,1-14H3. The van der Waals surface area contributed by atoms with Crippen LogP contribution in [0.5, 0.6) is 0 Å². The summed E-state index contributed by atoms with van der Waals surface area (Å²) in [6.45, 7) is 31.8. The first-order valence-electron chi connectivity index (χ1n) is 16.7. The van der Waals surface area contributed by atoms with E-state index in [2.05, 4.69) is 121 Å². The molecule has 2 unspecified atom stereocenters. The van der Waals surface area contributed by atoms with Gasteiger partial charge in [0.25, 0.3) is 0 Å². The van der Waals surface area contributed by atoms with Crippen molar-refractivity contribution in [3.8, 4) is 0 Å². The number of nitrogens with zero attached hydrogens (tertiary/aromatic N) is 2. The van der Waals surface area contributed by atoms with Crippen LogP contribution >= 0.6 is 0 Å². The van der Waals surface area contributed by atoms with Gasteiger partial charge in [-0.15, -0.1) is 0 Å². The lowest BCUT2D eigenvalue weighted by atomic mass is 9.87. The molecule has 2 aromatic carbocycles. The molecule has 3 heteroatoms. The van der Waals surface area contributed by atoms with Gasteiger partial charge in [0, 0.05) is 11.4 Å². The van der Waals surface area contributed by atoms with Crippen molar-refractivity contribution in [1.82, 2.24) is 0 Å². The molecular weight excluding hydrogens is 512 g/mol. The molecule has 1 aliphatic rings. The van der Waals surface area contributed by atoms with Crippen LogP contribution in [0.25, 0.3) is 0 Å². The normalized spacial score (nSPS) is 19.0. The van der Waals surface area contributed by atoms with Crippen molar-refractivity contribution in [2.75, 3.05) is 0 Å². The molecule has 0 radical (unpaired) electrons. The maximum Gasteiger partial charge on any atom is 0.0962 e. The minimum absolute atomic E-state index is 0.0103. The Morgan fingerprint density at radius 3 is 1.05 bits per heavy atom. The summed E-state index contributed by atoms with van der Waals surface area (Å²) in [6, 6.07) is 9.55. The summed E-state index contributed by atoms with van der Waals surface area (Å²) < 4.78 is 6.82. The van der Waals surface area contributed by atoms with E-state index in [-0.39, 0.29) is 12.2 Å². The zero-order chi connectivity index (χ0) is 31.5. The molecule has 0 saturated carbocycles. The molecule has 1 saturated heterocycles. The molecule has 0 bridgehead atoms. The van der Waals surface area contributed by atoms with Crippen molar-refractivity contribution in [3.05, 3.63) is 57.6 Å². The summed E-state index contributed by atoms with van der Waals surface area (Å²) in [5.74, 6) is 2.64. The summed E-state index contributed by atoms with van der Waals surface area (Å²) in [4.78, 5) is 10.7. The minimum atomic E-state index is 0.0103. The molecule has 3 nitrogen and oxygen atoms in total. The molecule has 1 fully saturated rings. The first kappa shape index (κ1) is 34.2. The molecule has 2 aromatic rings. The van der Waals surface area contributed by atoms with Crippen LogP contribution in [0.1, 0.15) is 185 Å². The molecule has 0 aliphatic carbocycles. The SMILES string of the molecule is CC(=Nc1c(C(C)C)cc(C(C)C)cc1C(C)C)C1CCCC(C(C)=Nc2c(C(C)C)cc(C(C)C)cc2C(C)C)O1. The fraction of sp³-hybridized carbons (Fsp3) is 0.641. The van der Waals surface area contributed by atoms with Gasteiger partial charge in [-0.3, -0.25) is 9.98 Å². The van der Waals surface area contributed by atoms with E-state index in [0.29, 0.717) is 35.5 Å². The quantitative estimate of drug-likeness (QED) is 0.261. The number of benzene rings is 2. The van der Waals surface area contributed by atoms with Gasteiger partial charge < -0.3 is 4.74 Å². The Bertz CT molecular complexity index is 1120. The smallest absolute Gasteiger partial charge is 0.0962 e. The Balaban J connectivity index is 2.00. The number of hydrogen-bond donors (Lipinski definition) is 0. The molecule has 232 valence electrons. The van der Waals surface area contributed by atoms with Gasteiger partial charge in [0.05, 0.1) is 23.6 Å². The average molecular weight is 573 g/mol. The Kier molecular flexibility index (Phi) is 11.8. The first-order valence-corrected chi connectivity index (χ1v) is 16.7. The van der Waals surface area contributed by atoms with Crippen LogP contribution in [0.3, 0.4) is 0 Å². The first-order chi connectivity index (χ1) is 19.6. The topological polar surface area (TPSA) is 34.0 Å².